The Labute approximate surface area is 110 Å². The maximum atomic E-state index is 11.2. The highest BCUT2D eigenvalue weighted by atomic mass is 16.5. The molecule has 5 heteroatoms. The number of carbonyl (C=O) groups excluding carboxylic acids is 1. The van der Waals surface area contributed by atoms with Crippen LogP contribution in [-0.4, -0.2) is 42.5 Å². The molecule has 1 fully saturated rings. The van der Waals surface area contributed by atoms with Gasteiger partial charge in [-0.25, -0.2) is 4.98 Å². The van der Waals surface area contributed by atoms with Crippen molar-refractivity contribution >= 4 is 23.0 Å². The van der Waals surface area contributed by atoms with E-state index in [0.29, 0.717) is 30.3 Å². The van der Waals surface area contributed by atoms with Gasteiger partial charge in [0, 0.05) is 19.3 Å². The Balaban J connectivity index is 1.92. The molecular formula is C14H14N2O3. The number of oxazole rings is 1. The smallest absolute Gasteiger partial charge is 0.232 e. The van der Waals surface area contributed by atoms with E-state index < -0.39 is 0 Å². The Hall–Kier alpha value is -2.14. The molecule has 0 radical (unpaired) electrons. The lowest BCUT2D eigenvalue weighted by molar-refractivity contribution is -0.103. The molecule has 19 heavy (non-hydrogen) atoms. The number of fused-ring (bicyclic) bond motifs is 1. The molecule has 0 amide bonds. The van der Waals surface area contributed by atoms with Gasteiger partial charge in [-0.05, 0) is 12.1 Å². The number of benzene rings is 1. The average Bonchev–Trinajstić information content (AvgIpc) is 2.89. The number of rotatable bonds is 3. The standard InChI is InChI=1S/C14H14N2O3/c17-10-11(9-16-5-7-18-8-6-16)14-15-12-3-1-2-4-13(12)19-14/h1-4,9-10H,5-8H2. The number of para-hydroxylation sites is 2. The number of carbonyl (C=O) groups is 1. The van der Waals surface area contributed by atoms with Gasteiger partial charge in [-0.15, -0.1) is 0 Å². The lowest BCUT2D eigenvalue weighted by Gasteiger charge is -2.25. The van der Waals surface area contributed by atoms with Crippen LogP contribution in [0.3, 0.4) is 0 Å². The van der Waals surface area contributed by atoms with E-state index in [-0.39, 0.29) is 0 Å². The van der Waals surface area contributed by atoms with Crippen LogP contribution in [0.25, 0.3) is 16.7 Å². The summed E-state index contributed by atoms with van der Waals surface area (Å²) in [4.78, 5) is 17.6. The fraction of sp³-hybridized carbons (Fsp3) is 0.286. The zero-order chi connectivity index (χ0) is 13.1. The average molecular weight is 258 g/mol. The first-order valence-electron chi connectivity index (χ1n) is 6.21. The molecule has 1 aromatic carbocycles. The molecule has 2 heterocycles. The van der Waals surface area contributed by atoms with E-state index in [2.05, 4.69) is 4.98 Å². The molecule has 0 N–H and O–H groups in total. The van der Waals surface area contributed by atoms with Crippen LogP contribution in [0.4, 0.5) is 0 Å². The van der Waals surface area contributed by atoms with E-state index in [1.165, 1.54) is 0 Å². The highest BCUT2D eigenvalue weighted by molar-refractivity contribution is 6.05. The van der Waals surface area contributed by atoms with Crippen molar-refractivity contribution in [3.8, 4) is 0 Å². The van der Waals surface area contributed by atoms with Crippen molar-refractivity contribution in [1.29, 1.82) is 0 Å². The van der Waals surface area contributed by atoms with Gasteiger partial charge in [-0.3, -0.25) is 4.79 Å². The molecule has 1 aliphatic heterocycles. The van der Waals surface area contributed by atoms with Crippen LogP contribution in [0.15, 0.2) is 34.9 Å². The van der Waals surface area contributed by atoms with Crippen LogP contribution in [0.1, 0.15) is 5.89 Å². The number of ether oxygens (including phenoxy) is 1. The van der Waals surface area contributed by atoms with Gasteiger partial charge in [-0.1, -0.05) is 12.1 Å². The third-order valence-electron chi connectivity index (χ3n) is 3.04. The summed E-state index contributed by atoms with van der Waals surface area (Å²) in [5, 5.41) is 0. The first kappa shape index (κ1) is 11.9. The molecular weight excluding hydrogens is 244 g/mol. The predicted octanol–water partition coefficient (Wildman–Crippen LogP) is 1.70. The molecule has 98 valence electrons. The van der Waals surface area contributed by atoms with Crippen molar-refractivity contribution in [1.82, 2.24) is 9.88 Å². The van der Waals surface area contributed by atoms with E-state index in [4.69, 9.17) is 9.15 Å². The molecule has 3 rings (SSSR count). The molecule has 1 saturated heterocycles. The normalized spacial score (nSPS) is 16.8. The zero-order valence-corrected chi connectivity index (χ0v) is 10.4. The molecule has 2 aromatic rings. The molecule has 0 unspecified atom stereocenters. The van der Waals surface area contributed by atoms with Gasteiger partial charge < -0.3 is 14.1 Å². The van der Waals surface area contributed by atoms with E-state index >= 15 is 0 Å². The monoisotopic (exact) mass is 258 g/mol. The number of hydrogen-bond donors (Lipinski definition) is 0. The number of morpholine rings is 1. The van der Waals surface area contributed by atoms with Gasteiger partial charge in [0.05, 0.1) is 18.8 Å². The first-order chi connectivity index (χ1) is 9.36. The lowest BCUT2D eigenvalue weighted by atomic mass is 10.3. The second-order valence-electron chi connectivity index (χ2n) is 4.34. The molecule has 0 atom stereocenters. The van der Waals surface area contributed by atoms with Crippen molar-refractivity contribution in [3.63, 3.8) is 0 Å². The fourth-order valence-corrected chi connectivity index (χ4v) is 2.04. The SMILES string of the molecule is O=CC(=CN1CCOCC1)c1nc2ccccc2o1. The van der Waals surface area contributed by atoms with Gasteiger partial charge in [0.2, 0.25) is 5.89 Å². The first-order valence-corrected chi connectivity index (χ1v) is 6.21. The number of hydrogen-bond acceptors (Lipinski definition) is 5. The third kappa shape index (κ3) is 2.51. The van der Waals surface area contributed by atoms with E-state index in [1.807, 2.05) is 29.2 Å². The van der Waals surface area contributed by atoms with Crippen LogP contribution < -0.4 is 0 Å². The summed E-state index contributed by atoms with van der Waals surface area (Å²) in [6.07, 6.45) is 2.57. The Morgan fingerprint density at radius 3 is 2.79 bits per heavy atom. The molecule has 0 saturated carbocycles. The third-order valence-corrected chi connectivity index (χ3v) is 3.04. The molecule has 1 aliphatic rings. The number of aromatic nitrogens is 1. The van der Waals surface area contributed by atoms with Crippen molar-refractivity contribution in [2.24, 2.45) is 0 Å². The van der Waals surface area contributed by atoms with Crippen LogP contribution in [-0.2, 0) is 9.53 Å². The Morgan fingerprint density at radius 1 is 1.26 bits per heavy atom. The fourth-order valence-electron chi connectivity index (χ4n) is 2.04. The van der Waals surface area contributed by atoms with Crippen LogP contribution >= 0.6 is 0 Å². The summed E-state index contributed by atoms with van der Waals surface area (Å²) in [6.45, 7) is 2.90. The molecule has 0 aliphatic carbocycles. The quantitative estimate of drug-likeness (QED) is 0.619. The van der Waals surface area contributed by atoms with Crippen molar-refractivity contribution < 1.29 is 13.9 Å². The van der Waals surface area contributed by atoms with Crippen molar-refractivity contribution in [2.45, 2.75) is 0 Å². The van der Waals surface area contributed by atoms with Crippen molar-refractivity contribution in [3.05, 3.63) is 36.4 Å². The maximum absolute atomic E-state index is 11.2. The second kappa shape index (κ2) is 5.24. The highest BCUT2D eigenvalue weighted by Crippen LogP contribution is 2.20. The lowest BCUT2D eigenvalue weighted by Crippen LogP contribution is -2.32. The Bertz CT molecular complexity index is 579. The van der Waals surface area contributed by atoms with Gasteiger partial charge >= 0.3 is 0 Å². The summed E-state index contributed by atoms with van der Waals surface area (Å²) in [5.74, 6) is 0.364. The maximum Gasteiger partial charge on any atom is 0.232 e. The minimum atomic E-state index is 0.364. The van der Waals surface area contributed by atoms with E-state index in [1.54, 1.807) is 6.20 Å². The molecule has 5 nitrogen and oxygen atoms in total. The van der Waals surface area contributed by atoms with Gasteiger partial charge in [0.1, 0.15) is 5.52 Å². The highest BCUT2D eigenvalue weighted by Gasteiger charge is 2.13. The van der Waals surface area contributed by atoms with Gasteiger partial charge in [-0.2, -0.15) is 0 Å². The molecule has 1 aromatic heterocycles. The second-order valence-corrected chi connectivity index (χ2v) is 4.34. The predicted molar refractivity (Wildman–Crippen MR) is 70.4 cm³/mol. The molecule has 0 spiro atoms. The summed E-state index contributed by atoms with van der Waals surface area (Å²) in [5.41, 5.74) is 1.90. The Kier molecular flexibility index (Phi) is 3.29. The minimum Gasteiger partial charge on any atom is -0.436 e. The van der Waals surface area contributed by atoms with Crippen molar-refractivity contribution in [2.75, 3.05) is 26.3 Å². The summed E-state index contributed by atoms with van der Waals surface area (Å²) >= 11 is 0. The number of aldehydes is 1. The van der Waals surface area contributed by atoms with Crippen LogP contribution in [0, 0.1) is 0 Å². The van der Waals surface area contributed by atoms with Gasteiger partial charge in [0.15, 0.2) is 11.9 Å². The van der Waals surface area contributed by atoms with Crippen LogP contribution in [0.5, 0.6) is 0 Å². The minimum absolute atomic E-state index is 0.364. The topological polar surface area (TPSA) is 55.6 Å². The summed E-state index contributed by atoms with van der Waals surface area (Å²) < 4.78 is 10.9. The van der Waals surface area contributed by atoms with E-state index in [9.17, 15) is 4.79 Å². The largest absolute Gasteiger partial charge is 0.436 e. The Morgan fingerprint density at radius 2 is 2.05 bits per heavy atom. The van der Waals surface area contributed by atoms with Crippen LogP contribution in [0.2, 0.25) is 0 Å². The number of allylic oxidation sites excluding steroid dienone is 1. The summed E-state index contributed by atoms with van der Waals surface area (Å²) in [7, 11) is 0. The van der Waals surface area contributed by atoms with E-state index in [0.717, 1.165) is 24.9 Å². The molecule has 0 bridgehead atoms. The van der Waals surface area contributed by atoms with Gasteiger partial charge in [0.25, 0.3) is 0 Å². The zero-order valence-electron chi connectivity index (χ0n) is 10.4. The number of nitrogens with zero attached hydrogens (tertiary/aromatic N) is 2. The summed E-state index contributed by atoms with van der Waals surface area (Å²) in [6, 6.07) is 7.47.